The Morgan fingerprint density at radius 2 is 2.30 bits per heavy atom. The number of aromatic nitrogens is 3. The van der Waals surface area contributed by atoms with Gasteiger partial charge >= 0.3 is 5.69 Å². The minimum absolute atomic E-state index is 0.0504. The SMILES string of the molecule is COCCCn1c(S[C@H](C)c2cccc([N+](=O)[O-])c2)n[nH]c1=O. The normalized spacial score (nSPS) is 12.3. The van der Waals surface area contributed by atoms with Crippen molar-refractivity contribution >= 4 is 17.4 Å². The van der Waals surface area contributed by atoms with Gasteiger partial charge < -0.3 is 4.74 Å². The molecule has 0 aliphatic rings. The zero-order valence-electron chi connectivity index (χ0n) is 12.9. The van der Waals surface area contributed by atoms with Crippen molar-refractivity contribution in [1.82, 2.24) is 14.8 Å². The van der Waals surface area contributed by atoms with Gasteiger partial charge in [0.05, 0.1) is 4.92 Å². The summed E-state index contributed by atoms with van der Waals surface area (Å²) in [6.07, 6.45) is 0.703. The molecule has 0 unspecified atom stereocenters. The molecule has 0 aliphatic carbocycles. The number of hydrogen-bond donors (Lipinski definition) is 1. The van der Waals surface area contributed by atoms with Gasteiger partial charge in [0.15, 0.2) is 5.16 Å². The molecule has 0 amide bonds. The van der Waals surface area contributed by atoms with Crippen LogP contribution < -0.4 is 5.69 Å². The van der Waals surface area contributed by atoms with E-state index in [4.69, 9.17) is 4.74 Å². The van der Waals surface area contributed by atoms with Crippen molar-refractivity contribution < 1.29 is 9.66 Å². The summed E-state index contributed by atoms with van der Waals surface area (Å²) in [5, 5.41) is 17.8. The molecule has 23 heavy (non-hydrogen) atoms. The van der Waals surface area contributed by atoms with Gasteiger partial charge in [0.1, 0.15) is 0 Å². The number of nitrogens with zero attached hydrogens (tertiary/aromatic N) is 3. The molecular formula is C14H18N4O4S. The highest BCUT2D eigenvalue weighted by Gasteiger charge is 2.16. The molecule has 1 heterocycles. The molecule has 2 aromatic rings. The van der Waals surface area contributed by atoms with Crippen LogP contribution in [-0.2, 0) is 11.3 Å². The number of benzene rings is 1. The van der Waals surface area contributed by atoms with Gasteiger partial charge in [-0.25, -0.2) is 9.89 Å². The monoisotopic (exact) mass is 338 g/mol. The number of H-pyrrole nitrogens is 1. The molecule has 1 atom stereocenters. The van der Waals surface area contributed by atoms with Crippen LogP contribution in [0.3, 0.4) is 0 Å². The number of aromatic amines is 1. The zero-order chi connectivity index (χ0) is 16.8. The Balaban J connectivity index is 2.14. The average Bonchev–Trinajstić information content (AvgIpc) is 2.88. The van der Waals surface area contributed by atoms with Crippen LogP contribution in [0.25, 0.3) is 0 Å². The second-order valence-electron chi connectivity index (χ2n) is 4.92. The summed E-state index contributed by atoms with van der Waals surface area (Å²) in [7, 11) is 1.61. The lowest BCUT2D eigenvalue weighted by Crippen LogP contribution is -2.18. The predicted molar refractivity (Wildman–Crippen MR) is 86.7 cm³/mol. The number of methoxy groups -OCH3 is 1. The predicted octanol–water partition coefficient (Wildman–Crippen LogP) is 2.37. The second kappa shape index (κ2) is 7.93. The first-order chi connectivity index (χ1) is 11.0. The summed E-state index contributed by atoms with van der Waals surface area (Å²) >= 11 is 1.38. The van der Waals surface area contributed by atoms with Crippen LogP contribution in [0.2, 0.25) is 0 Å². The fraction of sp³-hybridized carbons (Fsp3) is 0.429. The molecule has 0 spiro atoms. The summed E-state index contributed by atoms with van der Waals surface area (Å²) in [6.45, 7) is 2.98. The molecule has 0 bridgehead atoms. The van der Waals surface area contributed by atoms with Crippen LogP contribution in [0.15, 0.2) is 34.2 Å². The lowest BCUT2D eigenvalue weighted by atomic mass is 10.1. The average molecular weight is 338 g/mol. The van der Waals surface area contributed by atoms with Crippen LogP contribution in [0.1, 0.15) is 24.2 Å². The largest absolute Gasteiger partial charge is 0.385 e. The number of thioether (sulfide) groups is 1. The summed E-state index contributed by atoms with van der Waals surface area (Å²) in [5.41, 5.74) is 0.590. The Labute approximate surface area is 137 Å². The van der Waals surface area contributed by atoms with E-state index in [-0.39, 0.29) is 16.6 Å². The lowest BCUT2D eigenvalue weighted by Gasteiger charge is -2.11. The summed E-state index contributed by atoms with van der Waals surface area (Å²) < 4.78 is 6.54. The van der Waals surface area contributed by atoms with E-state index >= 15 is 0 Å². The van der Waals surface area contributed by atoms with Gasteiger partial charge in [-0.3, -0.25) is 14.7 Å². The summed E-state index contributed by atoms with van der Waals surface area (Å²) in [4.78, 5) is 22.2. The van der Waals surface area contributed by atoms with Crippen molar-refractivity contribution in [2.75, 3.05) is 13.7 Å². The Morgan fingerprint density at radius 3 is 3.00 bits per heavy atom. The molecule has 0 aliphatic heterocycles. The van der Waals surface area contributed by atoms with Crippen molar-refractivity contribution in [2.24, 2.45) is 0 Å². The van der Waals surface area contributed by atoms with Crippen LogP contribution in [-0.4, -0.2) is 33.4 Å². The molecule has 9 heteroatoms. The number of nitro groups is 1. The van der Waals surface area contributed by atoms with Crippen molar-refractivity contribution in [3.8, 4) is 0 Å². The van der Waals surface area contributed by atoms with Gasteiger partial charge in [0.2, 0.25) is 0 Å². The maximum Gasteiger partial charge on any atom is 0.343 e. The van der Waals surface area contributed by atoms with Crippen molar-refractivity contribution in [2.45, 2.75) is 30.3 Å². The van der Waals surface area contributed by atoms with E-state index in [2.05, 4.69) is 10.2 Å². The third-order valence-electron chi connectivity index (χ3n) is 3.29. The molecule has 0 radical (unpaired) electrons. The van der Waals surface area contributed by atoms with Crippen molar-refractivity contribution in [3.63, 3.8) is 0 Å². The first kappa shape index (κ1) is 17.2. The molecular weight excluding hydrogens is 320 g/mol. The minimum Gasteiger partial charge on any atom is -0.385 e. The molecule has 0 fully saturated rings. The van der Waals surface area contributed by atoms with Crippen LogP contribution in [0, 0.1) is 10.1 Å². The lowest BCUT2D eigenvalue weighted by molar-refractivity contribution is -0.384. The van der Waals surface area contributed by atoms with Gasteiger partial charge in [-0.05, 0) is 18.9 Å². The Bertz CT molecular complexity index is 728. The molecule has 0 saturated heterocycles. The maximum atomic E-state index is 11.8. The second-order valence-corrected chi connectivity index (χ2v) is 6.23. The summed E-state index contributed by atoms with van der Waals surface area (Å²) in [6, 6.07) is 6.47. The van der Waals surface area contributed by atoms with Crippen molar-refractivity contribution in [3.05, 3.63) is 50.4 Å². The van der Waals surface area contributed by atoms with E-state index in [9.17, 15) is 14.9 Å². The quantitative estimate of drug-likeness (QED) is 0.343. The topological polar surface area (TPSA) is 103 Å². The molecule has 1 aromatic carbocycles. The van der Waals surface area contributed by atoms with Crippen LogP contribution in [0.5, 0.6) is 0 Å². The number of rotatable bonds is 8. The number of non-ortho nitro benzene ring substituents is 1. The third kappa shape index (κ3) is 4.42. The highest BCUT2D eigenvalue weighted by molar-refractivity contribution is 7.99. The Morgan fingerprint density at radius 1 is 1.52 bits per heavy atom. The van der Waals surface area contributed by atoms with E-state index in [0.29, 0.717) is 24.7 Å². The highest BCUT2D eigenvalue weighted by Crippen LogP contribution is 2.34. The van der Waals surface area contributed by atoms with E-state index < -0.39 is 4.92 Å². The smallest absolute Gasteiger partial charge is 0.343 e. The van der Waals surface area contributed by atoms with Crippen LogP contribution in [0.4, 0.5) is 5.69 Å². The number of ether oxygens (including phenoxy) is 1. The van der Waals surface area contributed by atoms with E-state index in [0.717, 1.165) is 5.56 Å². The fourth-order valence-corrected chi connectivity index (χ4v) is 3.07. The number of hydrogen-bond acceptors (Lipinski definition) is 6. The van der Waals surface area contributed by atoms with Crippen molar-refractivity contribution in [1.29, 1.82) is 0 Å². The maximum absolute atomic E-state index is 11.8. The highest BCUT2D eigenvalue weighted by atomic mass is 32.2. The van der Waals surface area contributed by atoms with Gasteiger partial charge in [0, 0.05) is 37.6 Å². The zero-order valence-corrected chi connectivity index (χ0v) is 13.7. The molecule has 1 aromatic heterocycles. The first-order valence-corrected chi connectivity index (χ1v) is 7.96. The van der Waals surface area contributed by atoms with Gasteiger partial charge in [-0.2, -0.15) is 0 Å². The molecule has 0 saturated carbocycles. The number of nitro benzene ring substituents is 1. The van der Waals surface area contributed by atoms with Gasteiger partial charge in [-0.1, -0.05) is 23.9 Å². The summed E-state index contributed by atoms with van der Waals surface area (Å²) in [5.74, 6) is 0. The van der Waals surface area contributed by atoms with Gasteiger partial charge in [0.25, 0.3) is 5.69 Å². The first-order valence-electron chi connectivity index (χ1n) is 7.08. The molecule has 8 nitrogen and oxygen atoms in total. The number of nitrogens with one attached hydrogen (secondary N) is 1. The van der Waals surface area contributed by atoms with Crippen LogP contribution >= 0.6 is 11.8 Å². The van der Waals surface area contributed by atoms with E-state index in [1.54, 1.807) is 17.7 Å². The third-order valence-corrected chi connectivity index (χ3v) is 4.43. The van der Waals surface area contributed by atoms with E-state index in [1.807, 2.05) is 13.0 Å². The molecule has 124 valence electrons. The fourth-order valence-electron chi connectivity index (χ4n) is 2.07. The molecule has 2 rings (SSSR count). The minimum atomic E-state index is -0.421. The Kier molecular flexibility index (Phi) is 5.94. The standard InChI is InChI=1S/C14H18N4O4S/c1-10(11-5-3-6-12(9-11)18(20)21)23-14-16-15-13(19)17(14)7-4-8-22-2/h3,5-6,9-10H,4,7-8H2,1-2H3,(H,15,19)/t10-/m1/s1. The van der Waals surface area contributed by atoms with E-state index in [1.165, 1.54) is 23.9 Å². The Hall–Kier alpha value is -2.13. The molecule has 1 N–H and O–H groups in total. The van der Waals surface area contributed by atoms with Gasteiger partial charge in [-0.15, -0.1) is 5.10 Å².